The first-order chi connectivity index (χ1) is 13.6. The lowest BCUT2D eigenvalue weighted by molar-refractivity contribution is -0.153. The van der Waals surface area contributed by atoms with E-state index in [-0.39, 0.29) is 5.97 Å². The van der Waals surface area contributed by atoms with E-state index < -0.39 is 5.41 Å². The van der Waals surface area contributed by atoms with Gasteiger partial charge in [0.25, 0.3) is 0 Å². The molecule has 3 nitrogen and oxygen atoms in total. The molecule has 2 aliphatic rings. The number of carbonyl (C=O) groups excluding carboxylic acids is 1. The molecule has 152 valence electrons. The Hall–Kier alpha value is -1.82. The number of carbonyl (C=O) groups is 1. The van der Waals surface area contributed by atoms with Gasteiger partial charge < -0.3 is 4.74 Å². The molecular formula is C25H35NO2. The van der Waals surface area contributed by atoms with Crippen molar-refractivity contribution in [2.75, 3.05) is 6.61 Å². The molecule has 1 aromatic rings. The summed E-state index contributed by atoms with van der Waals surface area (Å²) in [5.74, 6) is -0.0423. The highest BCUT2D eigenvalue weighted by Gasteiger charge is 2.43. The highest BCUT2D eigenvalue weighted by Crippen LogP contribution is 2.44. The average Bonchev–Trinajstić information content (AvgIpc) is 2.75. The SMILES string of the molecule is CCCC1(CCOC(=O)C2(c3ccc(C#N)cc3)CCCCC2)CCCCC1. The molecule has 0 amide bonds. The minimum Gasteiger partial charge on any atom is -0.465 e. The van der Waals surface area contributed by atoms with Gasteiger partial charge in [-0.15, -0.1) is 0 Å². The van der Waals surface area contributed by atoms with Crippen LogP contribution in [0, 0.1) is 16.7 Å². The summed E-state index contributed by atoms with van der Waals surface area (Å²) < 4.78 is 5.97. The average molecular weight is 382 g/mol. The molecule has 3 rings (SSSR count). The molecule has 2 saturated carbocycles. The van der Waals surface area contributed by atoms with Gasteiger partial charge in [-0.05, 0) is 61.6 Å². The van der Waals surface area contributed by atoms with Gasteiger partial charge in [0, 0.05) is 0 Å². The van der Waals surface area contributed by atoms with Crippen molar-refractivity contribution in [2.45, 2.75) is 95.8 Å². The third-order valence-electron chi connectivity index (χ3n) is 7.22. The van der Waals surface area contributed by atoms with Crippen molar-refractivity contribution in [3.8, 4) is 6.07 Å². The fourth-order valence-electron chi connectivity index (χ4n) is 5.59. The summed E-state index contributed by atoms with van der Waals surface area (Å²) in [6.45, 7) is 2.82. The maximum Gasteiger partial charge on any atom is 0.316 e. The normalized spacial score (nSPS) is 20.9. The third kappa shape index (κ3) is 4.59. The topological polar surface area (TPSA) is 50.1 Å². The van der Waals surface area contributed by atoms with Crippen molar-refractivity contribution in [1.29, 1.82) is 5.26 Å². The van der Waals surface area contributed by atoms with Gasteiger partial charge in [0.05, 0.1) is 23.7 Å². The Labute approximate surface area is 170 Å². The molecular weight excluding hydrogens is 346 g/mol. The Balaban J connectivity index is 1.68. The van der Waals surface area contributed by atoms with Crippen LogP contribution < -0.4 is 0 Å². The number of ether oxygens (including phenoxy) is 1. The van der Waals surface area contributed by atoms with E-state index >= 15 is 0 Å². The Kier molecular flexibility index (Phi) is 7.16. The molecule has 0 heterocycles. The van der Waals surface area contributed by atoms with Crippen molar-refractivity contribution < 1.29 is 9.53 Å². The van der Waals surface area contributed by atoms with E-state index in [0.717, 1.165) is 37.7 Å². The monoisotopic (exact) mass is 381 g/mol. The van der Waals surface area contributed by atoms with Crippen molar-refractivity contribution in [2.24, 2.45) is 5.41 Å². The molecule has 28 heavy (non-hydrogen) atoms. The number of hydrogen-bond donors (Lipinski definition) is 0. The zero-order chi connectivity index (χ0) is 19.9. The summed E-state index contributed by atoms with van der Waals surface area (Å²) >= 11 is 0. The smallest absolute Gasteiger partial charge is 0.316 e. The van der Waals surface area contributed by atoms with Gasteiger partial charge >= 0.3 is 5.97 Å². The maximum atomic E-state index is 13.3. The fraction of sp³-hybridized carbons (Fsp3) is 0.680. The van der Waals surface area contributed by atoms with Crippen molar-refractivity contribution in [1.82, 2.24) is 0 Å². The van der Waals surface area contributed by atoms with Crippen LogP contribution in [0.1, 0.15) is 102 Å². The number of esters is 1. The lowest BCUT2D eigenvalue weighted by Crippen LogP contribution is -2.40. The summed E-state index contributed by atoms with van der Waals surface area (Å²) in [6.07, 6.45) is 15.1. The van der Waals surface area contributed by atoms with E-state index in [1.807, 2.05) is 24.3 Å². The van der Waals surface area contributed by atoms with Gasteiger partial charge in [0.15, 0.2) is 0 Å². The molecule has 0 radical (unpaired) electrons. The highest BCUT2D eigenvalue weighted by atomic mass is 16.5. The van der Waals surface area contributed by atoms with E-state index in [1.165, 1.54) is 51.4 Å². The fourth-order valence-corrected chi connectivity index (χ4v) is 5.59. The molecule has 0 spiro atoms. The Morgan fingerprint density at radius 3 is 2.14 bits per heavy atom. The van der Waals surface area contributed by atoms with Gasteiger partial charge in [-0.25, -0.2) is 0 Å². The van der Waals surface area contributed by atoms with E-state index in [1.54, 1.807) is 0 Å². The van der Waals surface area contributed by atoms with Gasteiger partial charge in [-0.3, -0.25) is 4.79 Å². The number of nitrogens with zero attached hydrogens (tertiary/aromatic N) is 1. The van der Waals surface area contributed by atoms with E-state index in [4.69, 9.17) is 10.00 Å². The second-order valence-corrected chi connectivity index (χ2v) is 9.03. The second kappa shape index (κ2) is 9.59. The standard InChI is InChI=1S/C25H35NO2/c1-2-13-24(14-5-3-6-15-24)18-19-28-23(27)25(16-7-4-8-17-25)22-11-9-21(20-26)10-12-22/h9-12H,2-8,13-19H2,1H3. The molecule has 2 fully saturated rings. The largest absolute Gasteiger partial charge is 0.465 e. The minimum atomic E-state index is -0.517. The molecule has 0 N–H and O–H groups in total. The molecule has 0 bridgehead atoms. The van der Waals surface area contributed by atoms with Crippen LogP contribution in [0.4, 0.5) is 0 Å². The Morgan fingerprint density at radius 1 is 0.964 bits per heavy atom. The van der Waals surface area contributed by atoms with Crippen LogP contribution in [0.15, 0.2) is 24.3 Å². The first-order valence-electron chi connectivity index (χ1n) is 11.3. The molecule has 2 aliphatic carbocycles. The summed E-state index contributed by atoms with van der Waals surface area (Å²) in [7, 11) is 0. The molecule has 3 heteroatoms. The first-order valence-corrected chi connectivity index (χ1v) is 11.3. The van der Waals surface area contributed by atoms with Gasteiger partial charge in [-0.1, -0.05) is 64.0 Å². The van der Waals surface area contributed by atoms with E-state index in [9.17, 15) is 4.79 Å². The van der Waals surface area contributed by atoms with Crippen molar-refractivity contribution >= 4 is 5.97 Å². The van der Waals surface area contributed by atoms with Crippen LogP contribution in [0.2, 0.25) is 0 Å². The van der Waals surface area contributed by atoms with Crippen LogP contribution in [0.25, 0.3) is 0 Å². The molecule has 0 saturated heterocycles. The Morgan fingerprint density at radius 2 is 1.57 bits per heavy atom. The molecule has 1 aromatic carbocycles. The summed E-state index contributed by atoms with van der Waals surface area (Å²) in [6, 6.07) is 9.76. The molecule has 0 aliphatic heterocycles. The lowest BCUT2D eigenvalue weighted by atomic mass is 9.69. The van der Waals surface area contributed by atoms with Crippen LogP contribution in [0.3, 0.4) is 0 Å². The van der Waals surface area contributed by atoms with Crippen LogP contribution >= 0.6 is 0 Å². The van der Waals surface area contributed by atoms with Crippen LogP contribution in [-0.4, -0.2) is 12.6 Å². The zero-order valence-electron chi connectivity index (χ0n) is 17.5. The summed E-state index contributed by atoms with van der Waals surface area (Å²) in [5, 5.41) is 9.08. The molecule has 0 unspecified atom stereocenters. The number of nitriles is 1. The Bertz CT molecular complexity index is 668. The van der Waals surface area contributed by atoms with E-state index in [0.29, 0.717) is 17.6 Å². The first kappa shape index (κ1) is 20.9. The summed E-state index contributed by atoms with van der Waals surface area (Å²) in [4.78, 5) is 13.3. The lowest BCUT2D eigenvalue weighted by Gasteiger charge is -2.38. The molecule has 0 atom stereocenters. The molecule has 0 aromatic heterocycles. The number of hydrogen-bond acceptors (Lipinski definition) is 3. The van der Waals surface area contributed by atoms with Gasteiger partial charge in [-0.2, -0.15) is 5.26 Å². The zero-order valence-corrected chi connectivity index (χ0v) is 17.5. The quantitative estimate of drug-likeness (QED) is 0.510. The number of rotatable bonds is 7. The predicted octanol–water partition coefficient (Wildman–Crippen LogP) is 6.44. The predicted molar refractivity (Wildman–Crippen MR) is 112 cm³/mol. The minimum absolute atomic E-state index is 0.0423. The van der Waals surface area contributed by atoms with Crippen molar-refractivity contribution in [3.05, 3.63) is 35.4 Å². The van der Waals surface area contributed by atoms with Gasteiger partial charge in [0.1, 0.15) is 0 Å². The maximum absolute atomic E-state index is 13.3. The van der Waals surface area contributed by atoms with Crippen LogP contribution in [-0.2, 0) is 14.9 Å². The number of benzene rings is 1. The summed E-state index contributed by atoms with van der Waals surface area (Å²) in [5.41, 5.74) is 1.54. The van der Waals surface area contributed by atoms with Gasteiger partial charge in [0.2, 0.25) is 0 Å². The highest BCUT2D eigenvalue weighted by molar-refractivity contribution is 5.83. The third-order valence-corrected chi connectivity index (χ3v) is 7.22. The van der Waals surface area contributed by atoms with E-state index in [2.05, 4.69) is 13.0 Å². The van der Waals surface area contributed by atoms with Crippen molar-refractivity contribution in [3.63, 3.8) is 0 Å². The second-order valence-electron chi connectivity index (χ2n) is 9.03. The van der Waals surface area contributed by atoms with Crippen LogP contribution in [0.5, 0.6) is 0 Å².